The molecule has 9 heteroatoms. The number of carboxylic acids is 1. The van der Waals surface area contributed by atoms with Crippen molar-refractivity contribution in [3.8, 4) is 0 Å². The third kappa shape index (κ3) is 5.72. The first kappa shape index (κ1) is 24.8. The second-order valence-electron chi connectivity index (χ2n) is 8.73. The number of amides is 4. The van der Waals surface area contributed by atoms with Crippen LogP contribution < -0.4 is 11.1 Å². The first-order valence-corrected chi connectivity index (χ1v) is 11.3. The van der Waals surface area contributed by atoms with Gasteiger partial charge in [0.05, 0.1) is 11.1 Å². The second-order valence-corrected chi connectivity index (χ2v) is 8.73. The molecule has 0 radical (unpaired) electrons. The summed E-state index contributed by atoms with van der Waals surface area (Å²) in [5.41, 5.74) is 7.43. The molecule has 0 aromatic heterocycles. The Morgan fingerprint density at radius 2 is 1.71 bits per heavy atom. The molecule has 180 valence electrons. The number of nitrogens with two attached hydrogens (primary N) is 1. The third-order valence-corrected chi connectivity index (χ3v) is 5.78. The van der Waals surface area contributed by atoms with Crippen LogP contribution in [0.15, 0.2) is 48.5 Å². The number of hydrogen-bond donors (Lipinski definition) is 3. The van der Waals surface area contributed by atoms with Crippen molar-refractivity contribution in [2.45, 2.75) is 39.3 Å². The molecule has 4 N–H and O–H groups in total. The first-order valence-electron chi connectivity index (χ1n) is 11.3. The van der Waals surface area contributed by atoms with Crippen LogP contribution in [0.2, 0.25) is 0 Å². The number of carbonyl (C=O) groups excluding carboxylic acids is 3. The van der Waals surface area contributed by atoms with Gasteiger partial charge in [-0.15, -0.1) is 0 Å². The standard InChI is InChI=1S/C25H30N4O5/c1-16(2)10-12-28(25(34)27-15-17-6-4-3-5-7-17)21(24(32)33)11-13-29-22(30)19-9-8-18(26)14-20(19)23(29)31/h3-9,14,16,21H,10-13,15,26H2,1-2H3,(H,27,34)(H,32,33)/t21-/m1/s1. The number of nitrogen functional groups attached to an aromatic ring is 1. The highest BCUT2D eigenvalue weighted by Gasteiger charge is 2.37. The molecule has 3 rings (SSSR count). The van der Waals surface area contributed by atoms with Gasteiger partial charge in [0, 0.05) is 25.3 Å². The summed E-state index contributed by atoms with van der Waals surface area (Å²) >= 11 is 0. The predicted molar refractivity (Wildman–Crippen MR) is 127 cm³/mol. The van der Waals surface area contributed by atoms with E-state index in [0.29, 0.717) is 12.1 Å². The fourth-order valence-electron chi connectivity index (χ4n) is 3.85. The number of fused-ring (bicyclic) bond motifs is 1. The van der Waals surface area contributed by atoms with Crippen LogP contribution in [0.25, 0.3) is 0 Å². The SMILES string of the molecule is CC(C)CCN(C(=O)NCc1ccccc1)[C@H](CCN1C(=O)c2ccc(N)cc2C1=O)C(=O)O. The molecule has 4 amide bonds. The van der Waals surface area contributed by atoms with Crippen LogP contribution in [0.5, 0.6) is 0 Å². The lowest BCUT2D eigenvalue weighted by Gasteiger charge is -2.30. The molecule has 1 aliphatic rings. The maximum Gasteiger partial charge on any atom is 0.326 e. The minimum atomic E-state index is -1.20. The van der Waals surface area contributed by atoms with Crippen LogP contribution in [-0.4, -0.2) is 57.9 Å². The molecule has 0 spiro atoms. The maximum absolute atomic E-state index is 13.0. The highest BCUT2D eigenvalue weighted by Crippen LogP contribution is 2.25. The highest BCUT2D eigenvalue weighted by atomic mass is 16.4. The van der Waals surface area contributed by atoms with Crippen molar-refractivity contribution in [3.63, 3.8) is 0 Å². The summed E-state index contributed by atoms with van der Waals surface area (Å²) in [5, 5.41) is 12.7. The molecule has 2 aromatic carbocycles. The fourth-order valence-corrected chi connectivity index (χ4v) is 3.85. The van der Waals surface area contributed by atoms with E-state index in [4.69, 9.17) is 5.73 Å². The minimum absolute atomic E-state index is 0.0901. The van der Waals surface area contributed by atoms with Gasteiger partial charge < -0.3 is 21.1 Å². The predicted octanol–water partition coefficient (Wildman–Crippen LogP) is 2.97. The van der Waals surface area contributed by atoms with Crippen LogP contribution in [0.4, 0.5) is 10.5 Å². The van der Waals surface area contributed by atoms with E-state index >= 15 is 0 Å². The van der Waals surface area contributed by atoms with E-state index in [1.807, 2.05) is 44.2 Å². The molecule has 0 aliphatic carbocycles. The van der Waals surface area contributed by atoms with Gasteiger partial charge in [0.2, 0.25) is 0 Å². The summed E-state index contributed by atoms with van der Waals surface area (Å²) in [6.45, 7) is 4.33. The Bertz CT molecular complexity index is 1070. The molecule has 1 heterocycles. The van der Waals surface area contributed by atoms with E-state index in [1.165, 1.54) is 23.1 Å². The summed E-state index contributed by atoms with van der Waals surface area (Å²) < 4.78 is 0. The average Bonchev–Trinajstić information content (AvgIpc) is 3.03. The largest absolute Gasteiger partial charge is 0.480 e. The lowest BCUT2D eigenvalue weighted by atomic mass is 10.1. The zero-order chi connectivity index (χ0) is 24.8. The van der Waals surface area contributed by atoms with Gasteiger partial charge in [0.15, 0.2) is 0 Å². The molecule has 9 nitrogen and oxygen atoms in total. The van der Waals surface area contributed by atoms with Gasteiger partial charge in [-0.3, -0.25) is 14.5 Å². The molecule has 0 saturated carbocycles. The fraction of sp³-hybridized carbons (Fsp3) is 0.360. The Balaban J connectivity index is 1.73. The van der Waals surface area contributed by atoms with E-state index in [-0.39, 0.29) is 43.1 Å². The van der Waals surface area contributed by atoms with Gasteiger partial charge in [-0.05, 0) is 42.5 Å². The lowest BCUT2D eigenvalue weighted by Crippen LogP contribution is -2.51. The van der Waals surface area contributed by atoms with Gasteiger partial charge in [-0.2, -0.15) is 0 Å². The zero-order valence-corrected chi connectivity index (χ0v) is 19.4. The van der Waals surface area contributed by atoms with E-state index in [1.54, 1.807) is 0 Å². The Kier molecular flexibility index (Phi) is 7.88. The minimum Gasteiger partial charge on any atom is -0.480 e. The van der Waals surface area contributed by atoms with Crippen LogP contribution in [-0.2, 0) is 11.3 Å². The lowest BCUT2D eigenvalue weighted by molar-refractivity contribution is -0.142. The summed E-state index contributed by atoms with van der Waals surface area (Å²) in [7, 11) is 0. The molecule has 0 unspecified atom stereocenters. The number of nitrogens with one attached hydrogen (secondary N) is 1. The van der Waals surface area contributed by atoms with E-state index in [0.717, 1.165) is 10.5 Å². The Morgan fingerprint density at radius 1 is 1.03 bits per heavy atom. The third-order valence-electron chi connectivity index (χ3n) is 5.78. The number of nitrogens with zero attached hydrogens (tertiary/aromatic N) is 2. The van der Waals surface area contributed by atoms with Gasteiger partial charge >= 0.3 is 12.0 Å². The molecule has 1 atom stereocenters. The monoisotopic (exact) mass is 466 g/mol. The normalized spacial score (nSPS) is 13.7. The van der Waals surface area contributed by atoms with Crippen LogP contribution in [0.1, 0.15) is 53.0 Å². The van der Waals surface area contributed by atoms with Crippen molar-refractivity contribution in [2.24, 2.45) is 5.92 Å². The summed E-state index contributed by atoms with van der Waals surface area (Å²) in [5.74, 6) is -1.95. The summed E-state index contributed by atoms with van der Waals surface area (Å²) in [6.07, 6.45) is 0.516. The van der Waals surface area contributed by atoms with Gasteiger partial charge in [0.1, 0.15) is 6.04 Å². The van der Waals surface area contributed by atoms with Gasteiger partial charge in [-0.25, -0.2) is 9.59 Å². The van der Waals surface area contributed by atoms with Crippen molar-refractivity contribution in [3.05, 3.63) is 65.2 Å². The maximum atomic E-state index is 13.0. The topological polar surface area (TPSA) is 133 Å². The summed E-state index contributed by atoms with van der Waals surface area (Å²) in [6, 6.07) is 12.1. The van der Waals surface area contributed by atoms with Crippen LogP contribution >= 0.6 is 0 Å². The smallest absolute Gasteiger partial charge is 0.326 e. The van der Waals surface area contributed by atoms with Gasteiger partial charge in [-0.1, -0.05) is 44.2 Å². The van der Waals surface area contributed by atoms with E-state index < -0.39 is 29.9 Å². The summed E-state index contributed by atoms with van der Waals surface area (Å²) in [4.78, 5) is 52.9. The Labute approximate surface area is 198 Å². The zero-order valence-electron chi connectivity index (χ0n) is 19.4. The Morgan fingerprint density at radius 3 is 2.35 bits per heavy atom. The first-order chi connectivity index (χ1) is 16.2. The van der Waals surface area contributed by atoms with Crippen LogP contribution in [0.3, 0.4) is 0 Å². The molecular formula is C25H30N4O5. The number of rotatable bonds is 10. The number of aliphatic carboxylic acids is 1. The second kappa shape index (κ2) is 10.8. The molecular weight excluding hydrogens is 436 g/mol. The number of anilines is 1. The Hall–Kier alpha value is -3.88. The van der Waals surface area contributed by atoms with E-state index in [2.05, 4.69) is 5.32 Å². The number of benzene rings is 2. The van der Waals surface area contributed by atoms with Crippen LogP contribution in [0, 0.1) is 5.92 Å². The molecule has 0 fully saturated rings. The number of carboxylic acid groups (broad SMARTS) is 1. The molecule has 2 aromatic rings. The van der Waals surface area contributed by atoms with Crippen molar-refractivity contribution < 1.29 is 24.3 Å². The molecule has 1 aliphatic heterocycles. The van der Waals surface area contributed by atoms with E-state index in [9.17, 15) is 24.3 Å². The number of carbonyl (C=O) groups is 4. The highest BCUT2D eigenvalue weighted by molar-refractivity contribution is 6.21. The van der Waals surface area contributed by atoms with Crippen molar-refractivity contribution in [1.29, 1.82) is 0 Å². The molecule has 0 saturated heterocycles. The number of urea groups is 1. The molecule has 34 heavy (non-hydrogen) atoms. The van der Waals surface area contributed by atoms with Gasteiger partial charge in [0.25, 0.3) is 11.8 Å². The molecule has 0 bridgehead atoms. The quantitative estimate of drug-likeness (QED) is 0.364. The van der Waals surface area contributed by atoms with Crippen molar-refractivity contribution >= 4 is 29.5 Å². The van der Waals surface area contributed by atoms with Crippen molar-refractivity contribution in [1.82, 2.24) is 15.1 Å². The average molecular weight is 467 g/mol. The van der Waals surface area contributed by atoms with Crippen molar-refractivity contribution in [2.75, 3.05) is 18.8 Å². The number of imide groups is 1. The number of hydrogen-bond acceptors (Lipinski definition) is 5.